The number of ether oxygens (including phenoxy) is 1. The summed E-state index contributed by atoms with van der Waals surface area (Å²) in [5.41, 5.74) is 0. The molecule has 1 heterocycles. The number of benzene rings is 1. The lowest BCUT2D eigenvalue weighted by molar-refractivity contribution is -0.133. The van der Waals surface area contributed by atoms with Crippen molar-refractivity contribution in [3.8, 4) is 5.75 Å². The van der Waals surface area contributed by atoms with Crippen molar-refractivity contribution in [2.75, 3.05) is 52.4 Å². The predicted molar refractivity (Wildman–Crippen MR) is 108 cm³/mol. The van der Waals surface area contributed by atoms with Crippen molar-refractivity contribution in [3.63, 3.8) is 0 Å². The molecule has 0 aromatic heterocycles. The topological polar surface area (TPSA) is 53.1 Å². The molecule has 8 heteroatoms. The van der Waals surface area contributed by atoms with Gasteiger partial charge in [-0.25, -0.2) is 0 Å². The standard InChI is InChI=1S/C19H27Cl2N3O3/c1-3-23(4-2)18(25)13-22-8-5-9-24(11-10-22)19(26)14-27-17-12-15(20)6-7-16(17)21/h6-7,12H,3-5,8-11,13-14H2,1-2H3. The first-order chi connectivity index (χ1) is 12.9. The molecule has 0 N–H and O–H groups in total. The number of rotatable bonds is 7. The fraction of sp³-hybridized carbons (Fsp3) is 0.579. The van der Waals surface area contributed by atoms with E-state index in [4.69, 9.17) is 27.9 Å². The maximum absolute atomic E-state index is 12.5. The first-order valence-corrected chi connectivity index (χ1v) is 10.1. The van der Waals surface area contributed by atoms with Crippen molar-refractivity contribution in [2.45, 2.75) is 20.3 Å². The average Bonchev–Trinajstić information content (AvgIpc) is 2.89. The Morgan fingerprint density at radius 3 is 2.56 bits per heavy atom. The molecule has 150 valence electrons. The minimum atomic E-state index is -0.0945. The Balaban J connectivity index is 1.83. The lowest BCUT2D eigenvalue weighted by atomic mass is 10.3. The third-order valence-corrected chi connectivity index (χ3v) is 5.21. The van der Waals surface area contributed by atoms with E-state index >= 15 is 0 Å². The monoisotopic (exact) mass is 415 g/mol. The summed E-state index contributed by atoms with van der Waals surface area (Å²) in [5.74, 6) is 0.445. The third kappa shape index (κ3) is 6.55. The van der Waals surface area contributed by atoms with Crippen molar-refractivity contribution in [2.24, 2.45) is 0 Å². The van der Waals surface area contributed by atoms with Crippen LogP contribution in [0.5, 0.6) is 5.75 Å². The Labute approximate surface area is 170 Å². The van der Waals surface area contributed by atoms with Crippen molar-refractivity contribution in [1.82, 2.24) is 14.7 Å². The summed E-state index contributed by atoms with van der Waals surface area (Å²) in [6.45, 7) is 8.44. The van der Waals surface area contributed by atoms with Gasteiger partial charge in [-0.2, -0.15) is 0 Å². The minimum Gasteiger partial charge on any atom is -0.482 e. The van der Waals surface area contributed by atoms with Gasteiger partial charge in [-0.05, 0) is 32.4 Å². The summed E-state index contributed by atoms with van der Waals surface area (Å²) >= 11 is 12.0. The highest BCUT2D eigenvalue weighted by Gasteiger charge is 2.22. The van der Waals surface area contributed by atoms with Gasteiger partial charge in [-0.1, -0.05) is 23.2 Å². The normalized spacial score (nSPS) is 15.3. The number of amides is 2. The lowest BCUT2D eigenvalue weighted by Crippen LogP contribution is -2.42. The van der Waals surface area contributed by atoms with Crippen molar-refractivity contribution >= 4 is 35.0 Å². The predicted octanol–water partition coefficient (Wildman–Crippen LogP) is 2.77. The van der Waals surface area contributed by atoms with E-state index in [0.717, 1.165) is 26.1 Å². The maximum atomic E-state index is 12.5. The zero-order valence-corrected chi connectivity index (χ0v) is 17.4. The van der Waals surface area contributed by atoms with Crippen LogP contribution in [0.3, 0.4) is 0 Å². The van der Waals surface area contributed by atoms with Gasteiger partial charge >= 0.3 is 0 Å². The second kappa shape index (κ2) is 10.7. The van der Waals surface area contributed by atoms with E-state index in [1.807, 2.05) is 18.7 Å². The number of hydrogen-bond acceptors (Lipinski definition) is 4. The van der Waals surface area contributed by atoms with E-state index in [0.29, 0.717) is 42.0 Å². The number of nitrogens with zero attached hydrogens (tertiary/aromatic N) is 3. The maximum Gasteiger partial charge on any atom is 0.260 e. The molecule has 1 aliphatic heterocycles. The molecular formula is C19H27Cl2N3O3. The van der Waals surface area contributed by atoms with Crippen LogP contribution in [0.4, 0.5) is 0 Å². The second-order valence-corrected chi connectivity index (χ2v) is 7.28. The van der Waals surface area contributed by atoms with Gasteiger partial charge in [0.15, 0.2) is 6.61 Å². The molecule has 0 spiro atoms. The van der Waals surface area contributed by atoms with Crippen LogP contribution in [0, 0.1) is 0 Å². The van der Waals surface area contributed by atoms with Crippen LogP contribution < -0.4 is 4.74 Å². The Hall–Kier alpha value is -1.50. The lowest BCUT2D eigenvalue weighted by Gasteiger charge is -2.25. The molecule has 0 aliphatic carbocycles. The van der Waals surface area contributed by atoms with E-state index < -0.39 is 0 Å². The van der Waals surface area contributed by atoms with Crippen LogP contribution in [0.25, 0.3) is 0 Å². The van der Waals surface area contributed by atoms with Gasteiger partial charge in [-0.15, -0.1) is 0 Å². The Morgan fingerprint density at radius 1 is 1.11 bits per heavy atom. The summed E-state index contributed by atoms with van der Waals surface area (Å²) in [5, 5.41) is 0.925. The van der Waals surface area contributed by atoms with E-state index in [2.05, 4.69) is 4.90 Å². The molecule has 1 fully saturated rings. The second-order valence-electron chi connectivity index (χ2n) is 6.44. The molecule has 6 nitrogen and oxygen atoms in total. The molecule has 27 heavy (non-hydrogen) atoms. The van der Waals surface area contributed by atoms with Gasteiger partial charge in [0.05, 0.1) is 11.6 Å². The van der Waals surface area contributed by atoms with E-state index in [1.54, 1.807) is 23.1 Å². The molecule has 0 saturated carbocycles. The molecule has 1 aliphatic rings. The van der Waals surface area contributed by atoms with Crippen LogP contribution in [0.2, 0.25) is 10.0 Å². The summed E-state index contributed by atoms with van der Waals surface area (Å²) in [7, 11) is 0. The van der Waals surface area contributed by atoms with Crippen LogP contribution >= 0.6 is 23.2 Å². The van der Waals surface area contributed by atoms with Gasteiger partial charge in [0.25, 0.3) is 5.91 Å². The fourth-order valence-electron chi connectivity index (χ4n) is 3.06. The third-order valence-electron chi connectivity index (χ3n) is 4.66. The molecule has 0 radical (unpaired) electrons. The Bertz CT molecular complexity index is 653. The molecule has 1 aromatic carbocycles. The molecule has 0 unspecified atom stereocenters. The smallest absolute Gasteiger partial charge is 0.260 e. The molecule has 1 aromatic rings. The van der Waals surface area contributed by atoms with Crippen LogP contribution in [0.15, 0.2) is 18.2 Å². The van der Waals surface area contributed by atoms with Gasteiger partial charge in [0.1, 0.15) is 5.75 Å². The molecule has 1 saturated heterocycles. The quantitative estimate of drug-likeness (QED) is 0.686. The fourth-order valence-corrected chi connectivity index (χ4v) is 3.40. The number of likely N-dealkylation sites (N-methyl/N-ethyl adjacent to an activating group) is 1. The molecule has 0 bridgehead atoms. The molecule has 0 atom stereocenters. The van der Waals surface area contributed by atoms with Crippen LogP contribution in [-0.4, -0.2) is 78.9 Å². The molecule has 2 amide bonds. The Morgan fingerprint density at radius 2 is 1.85 bits per heavy atom. The van der Waals surface area contributed by atoms with E-state index in [1.165, 1.54) is 0 Å². The van der Waals surface area contributed by atoms with Crippen molar-refractivity contribution in [3.05, 3.63) is 28.2 Å². The molecule has 2 rings (SSSR count). The first kappa shape index (κ1) is 21.8. The summed E-state index contributed by atoms with van der Waals surface area (Å²) in [6.07, 6.45) is 0.829. The number of carbonyl (C=O) groups excluding carboxylic acids is 2. The number of halogens is 2. The van der Waals surface area contributed by atoms with Gasteiger partial charge in [0, 0.05) is 50.4 Å². The van der Waals surface area contributed by atoms with E-state index in [-0.39, 0.29) is 18.4 Å². The van der Waals surface area contributed by atoms with Crippen LogP contribution in [0.1, 0.15) is 20.3 Å². The largest absolute Gasteiger partial charge is 0.482 e. The number of carbonyl (C=O) groups is 2. The van der Waals surface area contributed by atoms with Gasteiger partial charge in [0.2, 0.25) is 5.91 Å². The summed E-state index contributed by atoms with van der Waals surface area (Å²) < 4.78 is 5.54. The van der Waals surface area contributed by atoms with E-state index in [9.17, 15) is 9.59 Å². The average molecular weight is 416 g/mol. The summed E-state index contributed by atoms with van der Waals surface area (Å²) in [6, 6.07) is 4.90. The van der Waals surface area contributed by atoms with Gasteiger partial charge < -0.3 is 14.5 Å². The summed E-state index contributed by atoms with van der Waals surface area (Å²) in [4.78, 5) is 30.5. The Kier molecular flexibility index (Phi) is 8.67. The first-order valence-electron chi connectivity index (χ1n) is 9.30. The molecular weight excluding hydrogens is 389 g/mol. The van der Waals surface area contributed by atoms with Crippen molar-refractivity contribution in [1.29, 1.82) is 0 Å². The zero-order valence-electron chi connectivity index (χ0n) is 15.9. The highest BCUT2D eigenvalue weighted by atomic mass is 35.5. The van der Waals surface area contributed by atoms with Gasteiger partial charge in [-0.3, -0.25) is 14.5 Å². The minimum absolute atomic E-state index is 0.0849. The van der Waals surface area contributed by atoms with Crippen LogP contribution in [-0.2, 0) is 9.59 Å². The SMILES string of the molecule is CCN(CC)C(=O)CN1CCCN(C(=O)COc2cc(Cl)ccc2Cl)CC1. The zero-order chi connectivity index (χ0) is 19.8. The highest BCUT2D eigenvalue weighted by molar-refractivity contribution is 6.34. The highest BCUT2D eigenvalue weighted by Crippen LogP contribution is 2.27. The van der Waals surface area contributed by atoms with Crippen molar-refractivity contribution < 1.29 is 14.3 Å². The number of hydrogen-bond donors (Lipinski definition) is 0.